The van der Waals surface area contributed by atoms with E-state index in [1.54, 1.807) is 11.0 Å². The summed E-state index contributed by atoms with van der Waals surface area (Å²) in [5.74, 6) is -0.256. The fourth-order valence-electron chi connectivity index (χ4n) is 3.55. The summed E-state index contributed by atoms with van der Waals surface area (Å²) in [4.78, 5) is 28.2. The highest BCUT2D eigenvalue weighted by Gasteiger charge is 2.30. The van der Waals surface area contributed by atoms with E-state index in [9.17, 15) is 9.59 Å². The number of amides is 2. The Bertz CT molecular complexity index is 993. The fraction of sp³-hybridized carbons (Fsp3) is 0.231. The second kappa shape index (κ2) is 11.3. The smallest absolute Gasteiger partial charge is 0.243 e. The molecule has 1 N–H and O–H groups in total. The maximum atomic E-state index is 13.5. The predicted octanol–water partition coefficient (Wildman–Crippen LogP) is 4.66. The number of hydrogen-bond acceptors (Lipinski definition) is 2. The summed E-state index contributed by atoms with van der Waals surface area (Å²) in [7, 11) is 0. The molecule has 0 spiro atoms. The van der Waals surface area contributed by atoms with Crippen LogP contribution in [0, 0.1) is 0 Å². The molecule has 0 aliphatic heterocycles. The highest BCUT2D eigenvalue weighted by atomic mass is 35.5. The Labute approximate surface area is 188 Å². The van der Waals surface area contributed by atoms with Crippen molar-refractivity contribution in [3.8, 4) is 0 Å². The average Bonchev–Trinajstić information content (AvgIpc) is 2.77. The maximum Gasteiger partial charge on any atom is 0.243 e. The van der Waals surface area contributed by atoms with Gasteiger partial charge in [0, 0.05) is 24.5 Å². The molecule has 3 aromatic rings. The van der Waals surface area contributed by atoms with Gasteiger partial charge in [0.1, 0.15) is 6.04 Å². The fourth-order valence-corrected chi connectivity index (χ4v) is 3.76. The van der Waals surface area contributed by atoms with Crippen LogP contribution in [0.3, 0.4) is 0 Å². The molecule has 0 fully saturated rings. The first-order valence-corrected chi connectivity index (χ1v) is 10.8. The van der Waals surface area contributed by atoms with Crippen molar-refractivity contribution in [2.45, 2.75) is 32.4 Å². The van der Waals surface area contributed by atoms with Crippen molar-refractivity contribution in [1.29, 1.82) is 0 Å². The molecule has 0 aliphatic rings. The molecular weight excluding hydrogens is 408 g/mol. The number of likely N-dealkylation sites (N-methyl/N-ethyl adjacent to an activating group) is 1. The van der Waals surface area contributed by atoms with Gasteiger partial charge in [0.05, 0.1) is 6.42 Å². The highest BCUT2D eigenvalue weighted by molar-refractivity contribution is 6.30. The van der Waals surface area contributed by atoms with Gasteiger partial charge in [0.2, 0.25) is 11.8 Å². The molecule has 0 bridgehead atoms. The van der Waals surface area contributed by atoms with Crippen molar-refractivity contribution < 1.29 is 9.59 Å². The van der Waals surface area contributed by atoms with E-state index in [0.717, 1.165) is 16.7 Å². The summed E-state index contributed by atoms with van der Waals surface area (Å²) in [5, 5.41) is 3.51. The van der Waals surface area contributed by atoms with E-state index >= 15 is 0 Å². The summed E-state index contributed by atoms with van der Waals surface area (Å²) in [5.41, 5.74) is 2.80. The number of hydrogen-bond donors (Lipinski definition) is 1. The zero-order chi connectivity index (χ0) is 22.1. The van der Waals surface area contributed by atoms with Crippen LogP contribution in [0.15, 0.2) is 84.9 Å². The molecule has 0 saturated heterocycles. The second-order valence-electron chi connectivity index (χ2n) is 7.41. The monoisotopic (exact) mass is 434 g/mol. The third kappa shape index (κ3) is 6.69. The van der Waals surface area contributed by atoms with Crippen LogP contribution in [0.5, 0.6) is 0 Å². The minimum absolute atomic E-state index is 0.0987. The lowest BCUT2D eigenvalue weighted by molar-refractivity contribution is -0.140. The molecule has 0 aliphatic carbocycles. The molecule has 0 heterocycles. The number of nitrogens with zero attached hydrogens (tertiary/aromatic N) is 1. The summed E-state index contributed by atoms with van der Waals surface area (Å²) >= 11 is 6.18. The number of carbonyl (C=O) groups is 2. The summed E-state index contributed by atoms with van der Waals surface area (Å²) in [6.07, 6.45) is 0.667. The van der Waals surface area contributed by atoms with E-state index in [1.165, 1.54) is 0 Å². The summed E-state index contributed by atoms with van der Waals surface area (Å²) < 4.78 is 0. The predicted molar refractivity (Wildman–Crippen MR) is 125 cm³/mol. The van der Waals surface area contributed by atoms with Gasteiger partial charge in [-0.2, -0.15) is 0 Å². The minimum atomic E-state index is -0.627. The highest BCUT2D eigenvalue weighted by Crippen LogP contribution is 2.18. The van der Waals surface area contributed by atoms with Crippen molar-refractivity contribution in [3.63, 3.8) is 0 Å². The van der Waals surface area contributed by atoms with Gasteiger partial charge < -0.3 is 10.2 Å². The van der Waals surface area contributed by atoms with E-state index in [-0.39, 0.29) is 18.2 Å². The van der Waals surface area contributed by atoms with Gasteiger partial charge in [0.25, 0.3) is 0 Å². The van der Waals surface area contributed by atoms with Crippen molar-refractivity contribution in [3.05, 3.63) is 107 Å². The van der Waals surface area contributed by atoms with E-state index < -0.39 is 6.04 Å². The standard InChI is InChI=1S/C26H27ClN2O2/c1-2-28-26(31)24(17-20-10-5-3-6-11-20)29(19-22-14-9-15-23(27)16-22)25(30)18-21-12-7-4-8-13-21/h3-16,24H,2,17-19H2,1H3,(H,28,31). The first-order chi connectivity index (χ1) is 15.1. The van der Waals surface area contributed by atoms with Crippen LogP contribution in [0.4, 0.5) is 0 Å². The number of halogens is 1. The van der Waals surface area contributed by atoms with E-state index in [2.05, 4.69) is 5.32 Å². The SMILES string of the molecule is CCNC(=O)C(Cc1ccccc1)N(Cc1cccc(Cl)c1)C(=O)Cc1ccccc1. The van der Waals surface area contributed by atoms with E-state index in [1.807, 2.05) is 85.8 Å². The normalized spacial score (nSPS) is 11.5. The van der Waals surface area contributed by atoms with Crippen molar-refractivity contribution in [1.82, 2.24) is 10.2 Å². The third-order valence-electron chi connectivity index (χ3n) is 5.06. The van der Waals surface area contributed by atoms with Crippen LogP contribution in [0.1, 0.15) is 23.6 Å². The van der Waals surface area contributed by atoms with Crippen LogP contribution in [-0.4, -0.2) is 29.3 Å². The molecule has 0 radical (unpaired) electrons. The molecule has 0 saturated carbocycles. The Morgan fingerprint density at radius 3 is 2.10 bits per heavy atom. The molecule has 5 heteroatoms. The number of carbonyl (C=O) groups excluding carboxylic acids is 2. The number of benzene rings is 3. The molecule has 2 amide bonds. The lowest BCUT2D eigenvalue weighted by Gasteiger charge is -2.31. The van der Waals surface area contributed by atoms with Crippen LogP contribution < -0.4 is 5.32 Å². The van der Waals surface area contributed by atoms with Crippen LogP contribution in [0.2, 0.25) is 5.02 Å². The second-order valence-corrected chi connectivity index (χ2v) is 7.85. The number of rotatable bonds is 9. The Kier molecular flexibility index (Phi) is 8.25. The van der Waals surface area contributed by atoms with Gasteiger partial charge >= 0.3 is 0 Å². The Hall–Kier alpha value is -3.11. The van der Waals surface area contributed by atoms with Crippen molar-refractivity contribution >= 4 is 23.4 Å². The first kappa shape index (κ1) is 22.6. The summed E-state index contributed by atoms with van der Waals surface area (Å²) in [6, 6.07) is 26.2. The quantitative estimate of drug-likeness (QED) is 0.532. The molecule has 160 valence electrons. The molecule has 31 heavy (non-hydrogen) atoms. The molecule has 3 rings (SSSR count). The van der Waals surface area contributed by atoms with Crippen molar-refractivity contribution in [2.24, 2.45) is 0 Å². The lowest BCUT2D eigenvalue weighted by atomic mass is 10.0. The minimum Gasteiger partial charge on any atom is -0.355 e. The Morgan fingerprint density at radius 1 is 0.871 bits per heavy atom. The Morgan fingerprint density at radius 2 is 1.48 bits per heavy atom. The van der Waals surface area contributed by atoms with Crippen LogP contribution >= 0.6 is 11.6 Å². The van der Waals surface area contributed by atoms with Gasteiger partial charge in [-0.15, -0.1) is 0 Å². The molecule has 1 unspecified atom stereocenters. The van der Waals surface area contributed by atoms with Crippen LogP contribution in [-0.2, 0) is 29.0 Å². The third-order valence-corrected chi connectivity index (χ3v) is 5.30. The lowest BCUT2D eigenvalue weighted by Crippen LogP contribution is -2.50. The largest absolute Gasteiger partial charge is 0.355 e. The van der Waals surface area contributed by atoms with Crippen LogP contribution in [0.25, 0.3) is 0 Å². The molecule has 1 atom stereocenters. The molecule has 4 nitrogen and oxygen atoms in total. The Balaban J connectivity index is 1.94. The van der Waals surface area contributed by atoms with E-state index in [4.69, 9.17) is 11.6 Å². The number of nitrogens with one attached hydrogen (secondary N) is 1. The average molecular weight is 435 g/mol. The van der Waals surface area contributed by atoms with Gasteiger partial charge in [-0.05, 0) is 35.7 Å². The van der Waals surface area contributed by atoms with Gasteiger partial charge in [-0.1, -0.05) is 84.4 Å². The van der Waals surface area contributed by atoms with Gasteiger partial charge in [-0.3, -0.25) is 9.59 Å². The van der Waals surface area contributed by atoms with Crippen molar-refractivity contribution in [2.75, 3.05) is 6.54 Å². The zero-order valence-corrected chi connectivity index (χ0v) is 18.4. The maximum absolute atomic E-state index is 13.5. The topological polar surface area (TPSA) is 49.4 Å². The zero-order valence-electron chi connectivity index (χ0n) is 17.6. The molecular formula is C26H27ClN2O2. The molecule has 0 aromatic heterocycles. The van der Waals surface area contributed by atoms with Gasteiger partial charge in [0.15, 0.2) is 0 Å². The summed E-state index contributed by atoms with van der Waals surface area (Å²) in [6.45, 7) is 2.69. The molecule has 3 aromatic carbocycles. The van der Waals surface area contributed by atoms with E-state index in [0.29, 0.717) is 24.5 Å². The first-order valence-electron chi connectivity index (χ1n) is 10.5. The van der Waals surface area contributed by atoms with Gasteiger partial charge in [-0.25, -0.2) is 0 Å².